The first-order chi connectivity index (χ1) is 12.4. The van der Waals surface area contributed by atoms with E-state index in [4.69, 9.17) is 5.73 Å². The number of nitrogens with two attached hydrogens (primary N) is 1. The molecule has 0 spiro atoms. The third kappa shape index (κ3) is 5.98. The van der Waals surface area contributed by atoms with E-state index < -0.39 is 6.36 Å². The molecular formula is C18H16F3IN4O. The average Bonchev–Trinajstić information content (AvgIpc) is 2.60. The molecule has 0 aliphatic carbocycles. The second kappa shape index (κ2) is 8.89. The van der Waals surface area contributed by atoms with Crippen molar-refractivity contribution in [2.75, 3.05) is 5.32 Å². The van der Waals surface area contributed by atoms with Gasteiger partial charge in [0.1, 0.15) is 5.75 Å². The quantitative estimate of drug-likeness (QED) is 0.318. The predicted molar refractivity (Wildman–Crippen MR) is 109 cm³/mol. The molecule has 0 aliphatic rings. The van der Waals surface area contributed by atoms with Gasteiger partial charge in [0, 0.05) is 17.3 Å². The van der Waals surface area contributed by atoms with Gasteiger partial charge in [-0.3, -0.25) is 4.98 Å². The predicted octanol–water partition coefficient (Wildman–Crippen LogP) is 4.68. The summed E-state index contributed by atoms with van der Waals surface area (Å²) in [5.74, 6) is -0.164. The molecule has 5 nitrogen and oxygen atoms in total. The molecular weight excluding hydrogens is 472 g/mol. The Morgan fingerprint density at radius 2 is 1.78 bits per heavy atom. The number of anilines is 1. The zero-order chi connectivity index (χ0) is 18.6. The Labute approximate surface area is 170 Å². The van der Waals surface area contributed by atoms with Crippen LogP contribution < -0.4 is 15.8 Å². The summed E-state index contributed by atoms with van der Waals surface area (Å²) in [6.45, 7) is 0.322. The number of aromatic nitrogens is 1. The van der Waals surface area contributed by atoms with Crippen LogP contribution in [0, 0.1) is 0 Å². The number of rotatable bonds is 4. The van der Waals surface area contributed by atoms with Gasteiger partial charge in [0.25, 0.3) is 0 Å². The largest absolute Gasteiger partial charge is 0.573 e. The maximum absolute atomic E-state index is 12.1. The van der Waals surface area contributed by atoms with E-state index in [1.54, 1.807) is 6.20 Å². The minimum Gasteiger partial charge on any atom is -0.406 e. The summed E-state index contributed by atoms with van der Waals surface area (Å²) >= 11 is 0. The zero-order valence-electron chi connectivity index (χ0n) is 13.9. The topological polar surface area (TPSA) is 72.5 Å². The maximum atomic E-state index is 12.1. The maximum Gasteiger partial charge on any atom is 0.573 e. The normalized spacial score (nSPS) is 11.7. The number of pyridine rings is 1. The van der Waals surface area contributed by atoms with Gasteiger partial charge in [-0.25, -0.2) is 4.99 Å². The number of halogens is 4. The molecule has 0 fully saturated rings. The van der Waals surface area contributed by atoms with Crippen molar-refractivity contribution in [2.45, 2.75) is 12.9 Å². The van der Waals surface area contributed by atoms with Crippen molar-refractivity contribution in [3.05, 3.63) is 66.4 Å². The molecule has 9 heteroatoms. The van der Waals surface area contributed by atoms with Crippen LogP contribution in [-0.2, 0) is 6.54 Å². The van der Waals surface area contributed by atoms with Crippen LogP contribution in [0.4, 0.5) is 18.9 Å². The molecule has 0 bridgehead atoms. The number of nitrogens with zero attached hydrogens (tertiary/aromatic N) is 2. The van der Waals surface area contributed by atoms with Gasteiger partial charge >= 0.3 is 6.36 Å². The van der Waals surface area contributed by atoms with Gasteiger partial charge in [0.2, 0.25) is 0 Å². The minimum absolute atomic E-state index is 0. The Balaban J connectivity index is 0.00000261. The fraction of sp³-hybridized carbons (Fsp3) is 0.111. The van der Waals surface area contributed by atoms with Crippen LogP contribution in [0.3, 0.4) is 0 Å². The van der Waals surface area contributed by atoms with Crippen molar-refractivity contribution in [2.24, 2.45) is 10.7 Å². The second-order valence-electron chi connectivity index (χ2n) is 5.39. The number of benzene rings is 2. The van der Waals surface area contributed by atoms with E-state index in [9.17, 15) is 13.2 Å². The number of ether oxygens (including phenoxy) is 1. The van der Waals surface area contributed by atoms with Crippen LogP contribution in [0.15, 0.2) is 65.8 Å². The monoisotopic (exact) mass is 488 g/mol. The number of hydrogen-bond donors (Lipinski definition) is 2. The molecule has 3 N–H and O–H groups in total. The molecule has 0 saturated carbocycles. The molecule has 1 aromatic heterocycles. The smallest absolute Gasteiger partial charge is 0.406 e. The highest BCUT2D eigenvalue weighted by molar-refractivity contribution is 14.0. The van der Waals surface area contributed by atoms with Crippen LogP contribution in [0.2, 0.25) is 0 Å². The van der Waals surface area contributed by atoms with Gasteiger partial charge in [0.15, 0.2) is 5.96 Å². The summed E-state index contributed by atoms with van der Waals surface area (Å²) in [6, 6.07) is 14.8. The highest BCUT2D eigenvalue weighted by atomic mass is 127. The number of guanidine groups is 1. The highest BCUT2D eigenvalue weighted by Crippen LogP contribution is 2.24. The lowest BCUT2D eigenvalue weighted by Gasteiger charge is -2.10. The Morgan fingerprint density at radius 1 is 1.07 bits per heavy atom. The van der Waals surface area contributed by atoms with E-state index >= 15 is 0 Å². The van der Waals surface area contributed by atoms with E-state index in [1.165, 1.54) is 24.3 Å². The second-order valence-corrected chi connectivity index (χ2v) is 5.39. The molecule has 3 aromatic rings. The van der Waals surface area contributed by atoms with E-state index in [-0.39, 0.29) is 35.7 Å². The van der Waals surface area contributed by atoms with Gasteiger partial charge in [-0.2, -0.15) is 0 Å². The molecule has 0 atom stereocenters. The molecule has 0 radical (unpaired) electrons. The summed E-state index contributed by atoms with van der Waals surface area (Å²) in [7, 11) is 0. The first kappa shape index (κ1) is 20.7. The zero-order valence-corrected chi connectivity index (χ0v) is 16.2. The van der Waals surface area contributed by atoms with Crippen LogP contribution in [0.5, 0.6) is 5.75 Å². The number of nitrogens with one attached hydrogen (secondary N) is 1. The summed E-state index contributed by atoms with van der Waals surface area (Å²) in [5, 5.41) is 3.83. The number of aliphatic imine (C=N–C) groups is 1. The summed E-state index contributed by atoms with van der Waals surface area (Å²) in [6.07, 6.45) is -3.01. The molecule has 0 unspecified atom stereocenters. The van der Waals surface area contributed by atoms with Crippen molar-refractivity contribution in [3.8, 4) is 5.75 Å². The van der Waals surface area contributed by atoms with Crippen LogP contribution >= 0.6 is 24.0 Å². The van der Waals surface area contributed by atoms with Gasteiger partial charge in [-0.05, 0) is 35.9 Å². The molecule has 3 rings (SSSR count). The van der Waals surface area contributed by atoms with Crippen molar-refractivity contribution in [1.29, 1.82) is 0 Å². The van der Waals surface area contributed by atoms with E-state index in [0.29, 0.717) is 12.2 Å². The minimum atomic E-state index is -4.72. The average molecular weight is 488 g/mol. The molecule has 0 aliphatic heterocycles. The summed E-state index contributed by atoms with van der Waals surface area (Å²) < 4.78 is 40.2. The Hall–Kier alpha value is -2.56. The molecule has 142 valence electrons. The van der Waals surface area contributed by atoms with Crippen molar-refractivity contribution >= 4 is 46.5 Å². The molecule has 2 aromatic carbocycles. The fourth-order valence-corrected chi connectivity index (χ4v) is 2.39. The van der Waals surface area contributed by atoms with Crippen molar-refractivity contribution in [1.82, 2.24) is 4.98 Å². The number of fused-ring (bicyclic) bond motifs is 1. The fourth-order valence-electron chi connectivity index (χ4n) is 2.39. The van der Waals surface area contributed by atoms with Crippen LogP contribution in [0.25, 0.3) is 10.9 Å². The van der Waals surface area contributed by atoms with Gasteiger partial charge in [-0.1, -0.05) is 24.3 Å². The molecule has 0 amide bonds. The third-order valence-corrected chi connectivity index (χ3v) is 3.50. The standard InChI is InChI=1S/C18H15F3N4O.HI/c19-18(20,21)26-15-8-6-14(7-9-15)25-17(22)24-11-13-4-1-3-12-5-2-10-23-16(12)13;/h1-10H,11H2,(H3,22,24,25);1H. The van der Waals surface area contributed by atoms with Gasteiger partial charge < -0.3 is 15.8 Å². The molecule has 0 saturated heterocycles. The third-order valence-electron chi connectivity index (χ3n) is 3.50. The lowest BCUT2D eigenvalue weighted by atomic mass is 10.1. The first-order valence-electron chi connectivity index (χ1n) is 7.66. The lowest BCUT2D eigenvalue weighted by molar-refractivity contribution is -0.274. The number of para-hydroxylation sites is 1. The van der Waals surface area contributed by atoms with Crippen LogP contribution in [-0.4, -0.2) is 17.3 Å². The van der Waals surface area contributed by atoms with Gasteiger partial charge in [-0.15, -0.1) is 37.1 Å². The Bertz CT molecular complexity index is 925. The summed E-state index contributed by atoms with van der Waals surface area (Å²) in [4.78, 5) is 8.60. The number of hydrogen-bond acceptors (Lipinski definition) is 3. The number of alkyl halides is 3. The van der Waals surface area contributed by atoms with E-state index in [1.807, 2.05) is 30.3 Å². The SMILES string of the molecule is I.NC(=NCc1cccc2cccnc12)Nc1ccc(OC(F)(F)F)cc1. The lowest BCUT2D eigenvalue weighted by Crippen LogP contribution is -2.22. The van der Waals surface area contributed by atoms with E-state index in [2.05, 4.69) is 20.0 Å². The van der Waals surface area contributed by atoms with E-state index in [0.717, 1.165) is 16.5 Å². The summed E-state index contributed by atoms with van der Waals surface area (Å²) in [5.41, 5.74) is 8.11. The van der Waals surface area contributed by atoms with Crippen LogP contribution in [0.1, 0.15) is 5.56 Å². The Morgan fingerprint density at radius 3 is 2.48 bits per heavy atom. The van der Waals surface area contributed by atoms with Crippen molar-refractivity contribution < 1.29 is 17.9 Å². The molecule has 1 heterocycles. The Kier molecular flexibility index (Phi) is 6.83. The van der Waals surface area contributed by atoms with Gasteiger partial charge in [0.05, 0.1) is 12.1 Å². The van der Waals surface area contributed by atoms with Crippen molar-refractivity contribution in [3.63, 3.8) is 0 Å². The molecule has 27 heavy (non-hydrogen) atoms. The highest BCUT2D eigenvalue weighted by Gasteiger charge is 2.30. The first-order valence-corrected chi connectivity index (χ1v) is 7.66.